The summed E-state index contributed by atoms with van der Waals surface area (Å²) in [4.78, 5) is 0. The first-order valence-electron chi connectivity index (χ1n) is 11.9. The van der Waals surface area contributed by atoms with E-state index in [1.165, 1.54) is 5.56 Å². The lowest BCUT2D eigenvalue weighted by molar-refractivity contribution is -0.985. The van der Waals surface area contributed by atoms with Gasteiger partial charge in [0.1, 0.15) is 24.4 Å². The van der Waals surface area contributed by atoms with E-state index < -0.39 is 0 Å². The van der Waals surface area contributed by atoms with Crippen LogP contribution < -0.4 is 4.74 Å². The van der Waals surface area contributed by atoms with Crippen molar-refractivity contribution >= 4 is 0 Å². The van der Waals surface area contributed by atoms with Crippen molar-refractivity contribution in [3.8, 4) is 5.75 Å². The molecular weight excluding hydrogens is 382 g/mol. The van der Waals surface area contributed by atoms with E-state index in [2.05, 4.69) is 84.9 Å². The Kier molecular flexibility index (Phi) is 9.58. The largest absolute Gasteiger partial charge is 0.491 e. The van der Waals surface area contributed by atoms with Crippen LogP contribution in [0.15, 0.2) is 54.6 Å². The van der Waals surface area contributed by atoms with E-state index in [1.54, 1.807) is 0 Å². The minimum absolute atomic E-state index is 0.0107. The molecule has 31 heavy (non-hydrogen) atoms. The molecule has 3 nitrogen and oxygen atoms in total. The molecule has 0 N–H and O–H groups in total. The number of ether oxygens (including phenoxy) is 2. The number of rotatable bonds is 13. The maximum absolute atomic E-state index is 6.10. The van der Waals surface area contributed by atoms with Crippen LogP contribution in [0, 0.1) is 18.8 Å². The van der Waals surface area contributed by atoms with Crippen molar-refractivity contribution in [2.75, 3.05) is 39.5 Å². The lowest BCUT2D eigenvalue weighted by atomic mass is 9.86. The van der Waals surface area contributed by atoms with E-state index >= 15 is 0 Å². The zero-order chi connectivity index (χ0) is 22.9. The van der Waals surface area contributed by atoms with E-state index in [9.17, 15) is 0 Å². The van der Waals surface area contributed by atoms with Gasteiger partial charge in [-0.15, -0.1) is 0 Å². The molecule has 0 amide bonds. The molecule has 3 heteroatoms. The Hall–Kier alpha value is -1.84. The Bertz CT molecular complexity index is 758. The van der Waals surface area contributed by atoms with Crippen molar-refractivity contribution < 1.29 is 14.0 Å². The summed E-state index contributed by atoms with van der Waals surface area (Å²) in [5.41, 5.74) is 2.58. The van der Waals surface area contributed by atoms with Gasteiger partial charge in [-0.25, -0.2) is 0 Å². The number of para-hydroxylation sites is 1. The third-order valence-corrected chi connectivity index (χ3v) is 6.34. The number of nitrogens with zero attached hydrogens (tertiary/aromatic N) is 1. The lowest BCUT2D eigenvalue weighted by Gasteiger charge is -2.52. The molecule has 0 radical (unpaired) electrons. The average molecular weight is 427 g/mol. The molecule has 2 aromatic rings. The van der Waals surface area contributed by atoms with Gasteiger partial charge in [-0.2, -0.15) is 0 Å². The van der Waals surface area contributed by atoms with Gasteiger partial charge in [-0.3, -0.25) is 0 Å². The molecule has 172 valence electrons. The molecule has 0 aromatic heterocycles. The van der Waals surface area contributed by atoms with Gasteiger partial charge in [0.15, 0.2) is 0 Å². The van der Waals surface area contributed by atoms with Crippen LogP contribution in [0.5, 0.6) is 5.75 Å². The summed E-state index contributed by atoms with van der Waals surface area (Å²) >= 11 is 0. The Morgan fingerprint density at radius 2 is 1.35 bits per heavy atom. The van der Waals surface area contributed by atoms with Gasteiger partial charge in [0.25, 0.3) is 0 Å². The molecule has 0 unspecified atom stereocenters. The van der Waals surface area contributed by atoms with Crippen molar-refractivity contribution in [3.05, 3.63) is 65.7 Å². The molecule has 2 aromatic carbocycles. The predicted molar refractivity (Wildman–Crippen MR) is 131 cm³/mol. The highest BCUT2D eigenvalue weighted by Crippen LogP contribution is 2.37. The Morgan fingerprint density at radius 1 is 0.774 bits per heavy atom. The molecule has 0 saturated heterocycles. The van der Waals surface area contributed by atoms with Gasteiger partial charge in [0.2, 0.25) is 0 Å². The highest BCUT2D eigenvalue weighted by molar-refractivity contribution is 5.31. The van der Waals surface area contributed by atoms with E-state index in [-0.39, 0.29) is 5.54 Å². The summed E-state index contributed by atoms with van der Waals surface area (Å²) in [6.07, 6.45) is 0. The lowest BCUT2D eigenvalue weighted by Crippen LogP contribution is -2.63. The monoisotopic (exact) mass is 426 g/mol. The third-order valence-electron chi connectivity index (χ3n) is 6.34. The predicted octanol–water partition coefficient (Wildman–Crippen LogP) is 6.45. The molecule has 0 bridgehead atoms. The van der Waals surface area contributed by atoms with E-state index in [4.69, 9.17) is 9.47 Å². The molecule has 2 rings (SSSR count). The van der Waals surface area contributed by atoms with Gasteiger partial charge < -0.3 is 14.0 Å². The second-order valence-corrected chi connectivity index (χ2v) is 10.2. The Labute approximate surface area is 191 Å². The molecule has 0 heterocycles. The standard InChI is InChI=1S/C28H44NO2/c1-23(2)21-29(22-24(3)4,28(6,7)26-14-9-8-10-15-26)17-18-30-19-20-31-27-16-12-11-13-25(27)5/h8-16,23-24H,17-22H2,1-7H3/q+1. The van der Waals surface area contributed by atoms with Crippen LogP contribution in [-0.2, 0) is 10.3 Å². The number of aryl methyl sites for hydroxylation is 1. The smallest absolute Gasteiger partial charge is 0.122 e. The fraction of sp³-hybridized carbons (Fsp3) is 0.571. The molecule has 0 aliphatic heterocycles. The minimum Gasteiger partial charge on any atom is -0.491 e. The quantitative estimate of drug-likeness (QED) is 0.270. The normalized spacial score (nSPS) is 12.5. The first-order valence-corrected chi connectivity index (χ1v) is 11.9. The van der Waals surface area contributed by atoms with Crippen LogP contribution in [0.2, 0.25) is 0 Å². The first kappa shape index (κ1) is 25.4. The van der Waals surface area contributed by atoms with Gasteiger partial charge in [0.05, 0.1) is 26.3 Å². The summed E-state index contributed by atoms with van der Waals surface area (Å²) in [6.45, 7) is 21.5. The summed E-state index contributed by atoms with van der Waals surface area (Å²) in [7, 11) is 0. The molecule has 0 atom stereocenters. The topological polar surface area (TPSA) is 18.5 Å². The Balaban J connectivity index is 2.07. The van der Waals surface area contributed by atoms with Crippen molar-refractivity contribution in [2.45, 2.75) is 54.0 Å². The zero-order valence-electron chi connectivity index (χ0n) is 20.9. The number of quaternary nitrogens is 1. The fourth-order valence-corrected chi connectivity index (χ4v) is 4.78. The summed E-state index contributed by atoms with van der Waals surface area (Å²) < 4.78 is 13.0. The van der Waals surface area contributed by atoms with Gasteiger partial charge >= 0.3 is 0 Å². The van der Waals surface area contributed by atoms with Crippen LogP contribution in [0.4, 0.5) is 0 Å². The SMILES string of the molecule is Cc1ccccc1OCCOCC[N+](CC(C)C)(CC(C)C)C(C)(C)c1ccccc1. The highest BCUT2D eigenvalue weighted by Gasteiger charge is 2.45. The second kappa shape index (κ2) is 11.7. The highest BCUT2D eigenvalue weighted by atomic mass is 16.5. The van der Waals surface area contributed by atoms with E-state index in [1.807, 2.05) is 18.2 Å². The van der Waals surface area contributed by atoms with Crippen molar-refractivity contribution in [2.24, 2.45) is 11.8 Å². The average Bonchev–Trinajstić information content (AvgIpc) is 2.71. The van der Waals surface area contributed by atoms with Crippen LogP contribution >= 0.6 is 0 Å². The minimum atomic E-state index is 0.0107. The summed E-state index contributed by atoms with van der Waals surface area (Å²) in [6, 6.07) is 19.1. The van der Waals surface area contributed by atoms with Crippen LogP contribution in [-0.4, -0.2) is 43.9 Å². The molecule has 0 spiro atoms. The van der Waals surface area contributed by atoms with E-state index in [0.29, 0.717) is 25.0 Å². The van der Waals surface area contributed by atoms with Gasteiger partial charge in [-0.1, -0.05) is 76.2 Å². The van der Waals surface area contributed by atoms with Crippen LogP contribution in [0.3, 0.4) is 0 Å². The number of benzene rings is 2. The van der Waals surface area contributed by atoms with Crippen molar-refractivity contribution in [1.82, 2.24) is 0 Å². The second-order valence-electron chi connectivity index (χ2n) is 10.2. The van der Waals surface area contributed by atoms with E-state index in [0.717, 1.165) is 42.0 Å². The summed E-state index contributed by atoms with van der Waals surface area (Å²) in [5.74, 6) is 2.18. The maximum Gasteiger partial charge on any atom is 0.122 e. The number of hydrogen-bond donors (Lipinski definition) is 0. The number of hydrogen-bond acceptors (Lipinski definition) is 2. The van der Waals surface area contributed by atoms with Crippen molar-refractivity contribution in [3.63, 3.8) is 0 Å². The first-order chi connectivity index (χ1) is 14.7. The van der Waals surface area contributed by atoms with Crippen molar-refractivity contribution in [1.29, 1.82) is 0 Å². The Morgan fingerprint density at radius 3 is 1.94 bits per heavy atom. The molecule has 0 fully saturated rings. The molecule has 0 saturated carbocycles. The molecule has 0 aliphatic carbocycles. The van der Waals surface area contributed by atoms with Crippen LogP contribution in [0.1, 0.15) is 52.7 Å². The third kappa shape index (κ3) is 7.08. The molecular formula is C28H44NO2+. The maximum atomic E-state index is 6.10. The zero-order valence-corrected chi connectivity index (χ0v) is 20.9. The van der Waals surface area contributed by atoms with Crippen LogP contribution in [0.25, 0.3) is 0 Å². The fourth-order valence-electron chi connectivity index (χ4n) is 4.78. The van der Waals surface area contributed by atoms with Gasteiger partial charge in [0, 0.05) is 17.4 Å². The summed E-state index contributed by atoms with van der Waals surface area (Å²) in [5, 5.41) is 0. The van der Waals surface area contributed by atoms with Gasteiger partial charge in [-0.05, 0) is 32.4 Å². The molecule has 0 aliphatic rings.